The summed E-state index contributed by atoms with van der Waals surface area (Å²) in [5, 5.41) is 1.22. The summed E-state index contributed by atoms with van der Waals surface area (Å²) in [7, 11) is 0. The Balaban J connectivity index is 1.52. The van der Waals surface area contributed by atoms with Gasteiger partial charge in [-0.1, -0.05) is 54.6 Å². The molecule has 27 heavy (non-hydrogen) atoms. The predicted molar refractivity (Wildman–Crippen MR) is 109 cm³/mol. The van der Waals surface area contributed by atoms with Crippen LogP contribution in [0.15, 0.2) is 78.9 Å². The maximum atomic E-state index is 12.9. The average Bonchev–Trinajstić information content (AvgIpc) is 3.11. The summed E-state index contributed by atoms with van der Waals surface area (Å²) in [4.78, 5) is 18.4. The van der Waals surface area contributed by atoms with Crippen LogP contribution in [0.5, 0.6) is 0 Å². The van der Waals surface area contributed by atoms with Crippen LogP contribution in [0, 0.1) is 0 Å². The molecule has 0 aliphatic carbocycles. The fraction of sp³-hybridized carbons (Fsp3) is 0.125. The van der Waals surface area contributed by atoms with Crippen LogP contribution in [0.2, 0.25) is 0 Å². The number of aromatic amines is 1. The second kappa shape index (κ2) is 6.44. The van der Waals surface area contributed by atoms with Crippen molar-refractivity contribution in [3.63, 3.8) is 0 Å². The molecule has 0 fully saturated rings. The van der Waals surface area contributed by atoms with Gasteiger partial charge in [0.15, 0.2) is 0 Å². The number of benzene rings is 3. The summed E-state index contributed by atoms with van der Waals surface area (Å²) in [5.41, 5.74) is 6.82. The standard InChI is InChI=1S/C24H20N2O/c27-24(18-9-5-2-6-10-18)26-14-13-23-21(16-26)20-15-19(11-12-22(20)25-23)17-7-3-1-4-8-17/h1-12,15,25H,13-14,16H2. The second-order valence-electron chi connectivity index (χ2n) is 7.05. The molecule has 0 saturated heterocycles. The van der Waals surface area contributed by atoms with Crippen LogP contribution in [0.4, 0.5) is 0 Å². The monoisotopic (exact) mass is 352 g/mol. The van der Waals surface area contributed by atoms with Gasteiger partial charge in [-0.2, -0.15) is 0 Å². The van der Waals surface area contributed by atoms with Crippen LogP contribution in [-0.2, 0) is 13.0 Å². The maximum Gasteiger partial charge on any atom is 0.254 e. The molecular formula is C24H20N2O. The van der Waals surface area contributed by atoms with Crippen LogP contribution < -0.4 is 0 Å². The molecule has 1 N–H and O–H groups in total. The van der Waals surface area contributed by atoms with Crippen LogP contribution in [0.25, 0.3) is 22.0 Å². The number of rotatable bonds is 2. The molecule has 3 nitrogen and oxygen atoms in total. The zero-order valence-electron chi connectivity index (χ0n) is 15.0. The Bertz CT molecular complexity index is 1110. The summed E-state index contributed by atoms with van der Waals surface area (Å²) in [6, 6.07) is 26.5. The Morgan fingerprint density at radius 2 is 1.59 bits per heavy atom. The third kappa shape index (κ3) is 2.81. The van der Waals surface area contributed by atoms with Gasteiger partial charge in [-0.05, 0) is 35.4 Å². The molecule has 132 valence electrons. The Kier molecular flexibility index (Phi) is 3.79. The topological polar surface area (TPSA) is 36.1 Å². The lowest BCUT2D eigenvalue weighted by Gasteiger charge is -2.27. The van der Waals surface area contributed by atoms with Crippen LogP contribution in [0.3, 0.4) is 0 Å². The van der Waals surface area contributed by atoms with Crippen LogP contribution in [-0.4, -0.2) is 22.3 Å². The molecule has 1 aliphatic heterocycles. The highest BCUT2D eigenvalue weighted by Crippen LogP contribution is 2.31. The number of nitrogens with zero attached hydrogens (tertiary/aromatic N) is 1. The van der Waals surface area contributed by atoms with E-state index in [4.69, 9.17) is 0 Å². The number of carbonyl (C=O) groups is 1. The minimum Gasteiger partial charge on any atom is -0.358 e. The van der Waals surface area contributed by atoms with E-state index in [-0.39, 0.29) is 5.91 Å². The highest BCUT2D eigenvalue weighted by Gasteiger charge is 2.24. The zero-order valence-corrected chi connectivity index (χ0v) is 15.0. The number of H-pyrrole nitrogens is 1. The van der Waals surface area contributed by atoms with Gasteiger partial charge in [0.25, 0.3) is 5.91 Å². The number of aromatic nitrogens is 1. The SMILES string of the molecule is O=C(c1ccccc1)N1CCc2[nH]c3ccc(-c4ccccc4)cc3c2C1. The van der Waals surface area contributed by atoms with Crippen LogP contribution in [0.1, 0.15) is 21.6 Å². The van der Waals surface area contributed by atoms with E-state index >= 15 is 0 Å². The van der Waals surface area contributed by atoms with E-state index in [0.29, 0.717) is 6.54 Å². The van der Waals surface area contributed by atoms with Gasteiger partial charge >= 0.3 is 0 Å². The molecule has 4 aromatic rings. The molecule has 0 saturated carbocycles. The van der Waals surface area contributed by atoms with Gasteiger partial charge < -0.3 is 9.88 Å². The molecular weight excluding hydrogens is 332 g/mol. The molecule has 0 bridgehead atoms. The predicted octanol–water partition coefficient (Wildman–Crippen LogP) is 5.03. The highest BCUT2D eigenvalue weighted by molar-refractivity contribution is 5.95. The third-order valence-electron chi connectivity index (χ3n) is 5.39. The van der Waals surface area contributed by atoms with Gasteiger partial charge in [0.05, 0.1) is 0 Å². The van der Waals surface area contributed by atoms with Crippen LogP contribution >= 0.6 is 0 Å². The van der Waals surface area contributed by atoms with E-state index in [1.807, 2.05) is 41.3 Å². The smallest absolute Gasteiger partial charge is 0.254 e. The lowest BCUT2D eigenvalue weighted by Crippen LogP contribution is -2.35. The Morgan fingerprint density at radius 3 is 2.37 bits per heavy atom. The first-order chi connectivity index (χ1) is 13.3. The average molecular weight is 352 g/mol. The van der Waals surface area contributed by atoms with E-state index in [0.717, 1.165) is 24.0 Å². The molecule has 1 amide bonds. The number of nitrogens with one attached hydrogen (secondary N) is 1. The van der Waals surface area contributed by atoms with Crippen molar-refractivity contribution in [1.82, 2.24) is 9.88 Å². The van der Waals surface area contributed by atoms with E-state index < -0.39 is 0 Å². The van der Waals surface area contributed by atoms with Crippen molar-refractivity contribution in [2.45, 2.75) is 13.0 Å². The van der Waals surface area contributed by atoms with Gasteiger partial charge in [0.2, 0.25) is 0 Å². The zero-order chi connectivity index (χ0) is 18.2. The molecule has 0 atom stereocenters. The molecule has 3 heteroatoms. The summed E-state index contributed by atoms with van der Waals surface area (Å²) in [5.74, 6) is 0.106. The molecule has 1 aromatic heterocycles. The highest BCUT2D eigenvalue weighted by atomic mass is 16.2. The Labute approximate surface area is 158 Å². The molecule has 3 aromatic carbocycles. The molecule has 0 spiro atoms. The minimum atomic E-state index is 0.106. The van der Waals surface area contributed by atoms with Gasteiger partial charge in [0, 0.05) is 47.2 Å². The van der Waals surface area contributed by atoms with Crippen molar-refractivity contribution >= 4 is 16.8 Å². The van der Waals surface area contributed by atoms with Crippen molar-refractivity contribution < 1.29 is 4.79 Å². The van der Waals surface area contributed by atoms with Crippen molar-refractivity contribution in [2.75, 3.05) is 6.54 Å². The Morgan fingerprint density at radius 1 is 0.852 bits per heavy atom. The summed E-state index contributed by atoms with van der Waals surface area (Å²) in [6.45, 7) is 1.40. The molecule has 0 unspecified atom stereocenters. The van der Waals surface area contributed by atoms with Gasteiger partial charge in [0.1, 0.15) is 0 Å². The normalized spacial score (nSPS) is 13.6. The van der Waals surface area contributed by atoms with E-state index in [1.54, 1.807) is 0 Å². The van der Waals surface area contributed by atoms with E-state index in [1.165, 1.54) is 27.8 Å². The minimum absolute atomic E-state index is 0.106. The third-order valence-corrected chi connectivity index (χ3v) is 5.39. The number of hydrogen-bond acceptors (Lipinski definition) is 1. The molecule has 0 radical (unpaired) electrons. The number of fused-ring (bicyclic) bond motifs is 3. The van der Waals surface area contributed by atoms with Gasteiger partial charge in [-0.3, -0.25) is 4.79 Å². The first-order valence-corrected chi connectivity index (χ1v) is 9.33. The molecule has 1 aliphatic rings. The summed E-state index contributed by atoms with van der Waals surface area (Å²) < 4.78 is 0. The van der Waals surface area contributed by atoms with Crippen molar-refractivity contribution in [3.8, 4) is 11.1 Å². The maximum absolute atomic E-state index is 12.9. The second-order valence-corrected chi connectivity index (χ2v) is 7.05. The van der Waals surface area contributed by atoms with Crippen molar-refractivity contribution in [1.29, 1.82) is 0 Å². The number of carbonyl (C=O) groups excluding carboxylic acids is 1. The Hall–Kier alpha value is -3.33. The van der Waals surface area contributed by atoms with Crippen molar-refractivity contribution in [3.05, 3.63) is 95.7 Å². The van der Waals surface area contributed by atoms with Crippen molar-refractivity contribution in [2.24, 2.45) is 0 Å². The number of hydrogen-bond donors (Lipinski definition) is 1. The van der Waals surface area contributed by atoms with E-state index in [2.05, 4.69) is 47.4 Å². The first-order valence-electron chi connectivity index (χ1n) is 9.33. The first kappa shape index (κ1) is 15.9. The van der Waals surface area contributed by atoms with Gasteiger partial charge in [-0.25, -0.2) is 0 Å². The van der Waals surface area contributed by atoms with Gasteiger partial charge in [-0.15, -0.1) is 0 Å². The summed E-state index contributed by atoms with van der Waals surface area (Å²) >= 11 is 0. The lowest BCUT2D eigenvalue weighted by molar-refractivity contribution is 0.0735. The quantitative estimate of drug-likeness (QED) is 0.539. The molecule has 5 rings (SSSR count). The largest absolute Gasteiger partial charge is 0.358 e. The number of amides is 1. The summed E-state index contributed by atoms with van der Waals surface area (Å²) in [6.07, 6.45) is 0.864. The van der Waals surface area contributed by atoms with E-state index in [9.17, 15) is 4.79 Å². The fourth-order valence-corrected chi connectivity index (χ4v) is 3.96. The molecule has 2 heterocycles. The lowest BCUT2D eigenvalue weighted by atomic mass is 9.99. The fourth-order valence-electron chi connectivity index (χ4n) is 3.96.